The van der Waals surface area contributed by atoms with Crippen LogP contribution in [0.5, 0.6) is 0 Å². The fraction of sp³-hybridized carbons (Fsp3) is 0.824. The van der Waals surface area contributed by atoms with Gasteiger partial charge in [-0.3, -0.25) is 0 Å². The van der Waals surface area contributed by atoms with Crippen LogP contribution in [0.2, 0.25) is 0 Å². The second kappa shape index (κ2) is 7.43. The predicted octanol–water partition coefficient (Wildman–Crippen LogP) is 2.59. The minimum absolute atomic E-state index is 0.291. The molecule has 0 radical (unpaired) electrons. The molecule has 1 saturated carbocycles. The molecule has 0 aliphatic heterocycles. The van der Waals surface area contributed by atoms with Crippen molar-refractivity contribution < 1.29 is 0 Å². The molecule has 6 nitrogen and oxygen atoms in total. The van der Waals surface area contributed by atoms with E-state index in [9.17, 15) is 0 Å². The van der Waals surface area contributed by atoms with Crippen LogP contribution in [0.15, 0.2) is 0 Å². The zero-order valence-electron chi connectivity index (χ0n) is 15.6. The Labute approximate surface area is 140 Å². The summed E-state index contributed by atoms with van der Waals surface area (Å²) >= 11 is 0. The standard InChI is InChI=1S/C17H32N6/c1-13(2)14-19-15(21-16(20-14)23(5)6)18-11-17(12-22(3)4)9-7-8-10-17/h13H,7-12H2,1-6H3,(H,18,19,20,21). The molecule has 0 spiro atoms. The van der Waals surface area contributed by atoms with Crippen LogP contribution >= 0.6 is 0 Å². The number of nitrogens with zero attached hydrogens (tertiary/aromatic N) is 5. The Morgan fingerprint density at radius 1 is 1.04 bits per heavy atom. The van der Waals surface area contributed by atoms with Crippen molar-refractivity contribution in [3.8, 4) is 0 Å². The molecule has 0 atom stereocenters. The van der Waals surface area contributed by atoms with Crippen LogP contribution in [-0.4, -0.2) is 61.1 Å². The average Bonchev–Trinajstić information content (AvgIpc) is 2.92. The van der Waals surface area contributed by atoms with Crippen LogP contribution in [0.4, 0.5) is 11.9 Å². The zero-order valence-corrected chi connectivity index (χ0v) is 15.6. The molecule has 6 heteroatoms. The Hall–Kier alpha value is -1.43. The zero-order chi connectivity index (χ0) is 17.0. The van der Waals surface area contributed by atoms with Crippen LogP contribution in [0.25, 0.3) is 0 Å². The summed E-state index contributed by atoms with van der Waals surface area (Å²) in [5, 5.41) is 3.51. The van der Waals surface area contributed by atoms with Crippen molar-refractivity contribution in [2.45, 2.75) is 45.4 Å². The van der Waals surface area contributed by atoms with E-state index in [1.54, 1.807) is 0 Å². The van der Waals surface area contributed by atoms with E-state index < -0.39 is 0 Å². The molecule has 1 aromatic heterocycles. The lowest BCUT2D eigenvalue weighted by Gasteiger charge is -2.32. The molecule has 130 valence electrons. The van der Waals surface area contributed by atoms with Crippen LogP contribution in [0, 0.1) is 5.41 Å². The van der Waals surface area contributed by atoms with E-state index in [1.165, 1.54) is 25.7 Å². The molecular formula is C17H32N6. The maximum Gasteiger partial charge on any atom is 0.229 e. The Balaban J connectivity index is 2.15. The van der Waals surface area contributed by atoms with E-state index in [0.717, 1.165) is 24.9 Å². The first-order valence-electron chi connectivity index (χ1n) is 8.63. The highest BCUT2D eigenvalue weighted by Crippen LogP contribution is 2.38. The number of aromatic nitrogens is 3. The van der Waals surface area contributed by atoms with Gasteiger partial charge in [0.1, 0.15) is 5.82 Å². The van der Waals surface area contributed by atoms with Crippen molar-refractivity contribution in [1.82, 2.24) is 19.9 Å². The maximum absolute atomic E-state index is 4.61. The average molecular weight is 320 g/mol. The maximum atomic E-state index is 4.61. The molecule has 1 aromatic rings. The molecular weight excluding hydrogens is 288 g/mol. The second-order valence-corrected chi connectivity index (χ2v) is 7.66. The van der Waals surface area contributed by atoms with Crippen LogP contribution in [-0.2, 0) is 0 Å². The number of rotatable bonds is 7. The van der Waals surface area contributed by atoms with Gasteiger partial charge in [-0.1, -0.05) is 26.7 Å². The minimum atomic E-state index is 0.291. The molecule has 0 saturated heterocycles. The first-order chi connectivity index (χ1) is 10.8. The fourth-order valence-electron chi connectivity index (χ4n) is 3.37. The molecule has 1 N–H and O–H groups in total. The monoisotopic (exact) mass is 320 g/mol. The van der Waals surface area contributed by atoms with E-state index in [0.29, 0.717) is 17.3 Å². The highest BCUT2D eigenvalue weighted by molar-refractivity contribution is 5.36. The normalized spacial score (nSPS) is 17.0. The third kappa shape index (κ3) is 4.77. The first-order valence-corrected chi connectivity index (χ1v) is 8.63. The van der Waals surface area contributed by atoms with E-state index in [1.807, 2.05) is 19.0 Å². The summed E-state index contributed by atoms with van der Waals surface area (Å²) in [5.41, 5.74) is 0.340. The van der Waals surface area contributed by atoms with Gasteiger partial charge in [-0.2, -0.15) is 15.0 Å². The van der Waals surface area contributed by atoms with Gasteiger partial charge >= 0.3 is 0 Å². The van der Waals surface area contributed by atoms with Crippen molar-refractivity contribution >= 4 is 11.9 Å². The quantitative estimate of drug-likeness (QED) is 0.833. The summed E-state index contributed by atoms with van der Waals surface area (Å²) in [6, 6.07) is 0. The third-order valence-corrected chi connectivity index (χ3v) is 4.49. The van der Waals surface area contributed by atoms with Gasteiger partial charge in [0.2, 0.25) is 11.9 Å². The lowest BCUT2D eigenvalue weighted by Crippen LogP contribution is -2.37. The number of anilines is 2. The SMILES string of the molecule is CC(C)c1nc(NCC2(CN(C)C)CCCC2)nc(N(C)C)n1. The molecule has 0 amide bonds. The summed E-state index contributed by atoms with van der Waals surface area (Å²) < 4.78 is 0. The Bertz CT molecular complexity index is 480. The van der Waals surface area contributed by atoms with Gasteiger partial charge < -0.3 is 15.1 Å². The summed E-state index contributed by atoms with van der Waals surface area (Å²) in [6.07, 6.45) is 5.21. The molecule has 1 aliphatic carbocycles. The molecule has 1 heterocycles. The van der Waals surface area contributed by atoms with Crippen molar-refractivity contribution in [1.29, 1.82) is 0 Å². The topological polar surface area (TPSA) is 57.2 Å². The van der Waals surface area contributed by atoms with Crippen molar-refractivity contribution in [3.63, 3.8) is 0 Å². The van der Waals surface area contributed by atoms with Gasteiger partial charge in [0.05, 0.1) is 0 Å². The Morgan fingerprint density at radius 2 is 1.70 bits per heavy atom. The molecule has 0 bridgehead atoms. The van der Waals surface area contributed by atoms with Gasteiger partial charge in [-0.05, 0) is 26.9 Å². The smallest absolute Gasteiger partial charge is 0.229 e. The van der Waals surface area contributed by atoms with Crippen molar-refractivity contribution in [2.75, 3.05) is 51.5 Å². The fourth-order valence-corrected chi connectivity index (χ4v) is 3.37. The molecule has 1 aliphatic rings. The van der Waals surface area contributed by atoms with Gasteiger partial charge in [0.25, 0.3) is 0 Å². The number of hydrogen-bond donors (Lipinski definition) is 1. The molecule has 0 aromatic carbocycles. The van der Waals surface area contributed by atoms with Crippen LogP contribution in [0.1, 0.15) is 51.3 Å². The van der Waals surface area contributed by atoms with Crippen LogP contribution in [0.3, 0.4) is 0 Å². The lowest BCUT2D eigenvalue weighted by molar-refractivity contribution is 0.215. The van der Waals surface area contributed by atoms with Gasteiger partial charge in [0, 0.05) is 38.5 Å². The van der Waals surface area contributed by atoms with Gasteiger partial charge in [-0.25, -0.2) is 0 Å². The lowest BCUT2D eigenvalue weighted by atomic mass is 9.85. The Kier molecular flexibility index (Phi) is 5.79. The van der Waals surface area contributed by atoms with Gasteiger partial charge in [0.15, 0.2) is 0 Å². The van der Waals surface area contributed by atoms with E-state index in [4.69, 9.17) is 0 Å². The van der Waals surface area contributed by atoms with Gasteiger partial charge in [-0.15, -0.1) is 0 Å². The molecule has 2 rings (SSSR count). The van der Waals surface area contributed by atoms with Crippen molar-refractivity contribution in [2.24, 2.45) is 5.41 Å². The largest absolute Gasteiger partial charge is 0.353 e. The second-order valence-electron chi connectivity index (χ2n) is 7.66. The summed E-state index contributed by atoms with van der Waals surface area (Å²) in [4.78, 5) is 17.9. The number of nitrogens with one attached hydrogen (secondary N) is 1. The Morgan fingerprint density at radius 3 is 2.22 bits per heavy atom. The molecule has 23 heavy (non-hydrogen) atoms. The summed E-state index contributed by atoms with van der Waals surface area (Å²) in [5.74, 6) is 2.57. The highest BCUT2D eigenvalue weighted by atomic mass is 15.3. The summed E-state index contributed by atoms with van der Waals surface area (Å²) in [7, 11) is 8.25. The van der Waals surface area contributed by atoms with Crippen molar-refractivity contribution in [3.05, 3.63) is 5.82 Å². The van der Waals surface area contributed by atoms with Crippen LogP contribution < -0.4 is 10.2 Å². The minimum Gasteiger partial charge on any atom is -0.353 e. The molecule has 0 unspecified atom stereocenters. The third-order valence-electron chi connectivity index (χ3n) is 4.49. The highest BCUT2D eigenvalue weighted by Gasteiger charge is 2.34. The predicted molar refractivity (Wildman–Crippen MR) is 96.2 cm³/mol. The van der Waals surface area contributed by atoms with E-state index in [-0.39, 0.29) is 0 Å². The first kappa shape index (κ1) is 17.9. The van der Waals surface area contributed by atoms with E-state index >= 15 is 0 Å². The summed E-state index contributed by atoms with van der Waals surface area (Å²) in [6.45, 7) is 6.27. The molecule has 1 fully saturated rings. The number of hydrogen-bond acceptors (Lipinski definition) is 6. The van der Waals surface area contributed by atoms with E-state index in [2.05, 4.69) is 53.1 Å².